The van der Waals surface area contributed by atoms with Gasteiger partial charge in [-0.2, -0.15) is 0 Å². The van der Waals surface area contributed by atoms with Crippen molar-refractivity contribution in [2.75, 3.05) is 0 Å². The van der Waals surface area contributed by atoms with Crippen molar-refractivity contribution in [2.24, 2.45) is 0 Å². The summed E-state index contributed by atoms with van der Waals surface area (Å²) in [5.74, 6) is -1.69. The Balaban J connectivity index is 2.99. The van der Waals surface area contributed by atoms with E-state index in [0.717, 1.165) is 6.26 Å². The van der Waals surface area contributed by atoms with E-state index in [1.807, 2.05) is 0 Å². The van der Waals surface area contributed by atoms with Crippen LogP contribution in [0.4, 0.5) is 0 Å². The molecule has 0 heterocycles. The Morgan fingerprint density at radius 1 is 1.27 bits per heavy atom. The smallest absolute Gasteiger partial charge is 0.339 e. The molecular formula is C11H10O4. The van der Waals surface area contributed by atoms with Gasteiger partial charge in [-0.1, -0.05) is 30.3 Å². The first-order valence-electron chi connectivity index (χ1n) is 4.27. The Morgan fingerprint density at radius 2 is 1.87 bits per heavy atom. The maximum Gasteiger partial charge on any atom is 0.339 e. The molecule has 0 saturated carbocycles. The lowest BCUT2D eigenvalue weighted by atomic mass is 10.1. The molecule has 1 N–H and O–H groups in total. The second-order valence-electron chi connectivity index (χ2n) is 2.81. The van der Waals surface area contributed by atoms with Gasteiger partial charge in [0.05, 0.1) is 0 Å². The zero-order valence-corrected chi connectivity index (χ0v) is 8.14. The molecule has 0 amide bonds. The highest BCUT2D eigenvalue weighted by Gasteiger charge is 2.10. The molecule has 0 aliphatic rings. The minimum atomic E-state index is -1.14. The molecule has 0 spiro atoms. The average molecular weight is 206 g/mol. The Morgan fingerprint density at radius 3 is 2.33 bits per heavy atom. The number of carboxylic acid groups (broad SMARTS) is 1. The van der Waals surface area contributed by atoms with E-state index in [2.05, 4.69) is 4.74 Å². The lowest BCUT2D eigenvalue weighted by Gasteiger charge is -2.01. The van der Waals surface area contributed by atoms with E-state index in [9.17, 15) is 9.59 Å². The molecule has 0 radical (unpaired) electrons. The Bertz CT molecular complexity index is 392. The molecule has 0 fully saturated rings. The summed E-state index contributed by atoms with van der Waals surface area (Å²) in [7, 11) is 0. The highest BCUT2D eigenvalue weighted by molar-refractivity contribution is 6.15. The molecular weight excluding hydrogens is 196 g/mol. The van der Waals surface area contributed by atoms with Crippen LogP contribution in [0.15, 0.2) is 36.6 Å². The van der Waals surface area contributed by atoms with E-state index < -0.39 is 11.9 Å². The number of benzene rings is 1. The lowest BCUT2D eigenvalue weighted by Crippen LogP contribution is -2.02. The van der Waals surface area contributed by atoms with Crippen molar-refractivity contribution >= 4 is 17.5 Å². The first-order valence-corrected chi connectivity index (χ1v) is 4.27. The minimum absolute atomic E-state index is 0.0502. The summed E-state index contributed by atoms with van der Waals surface area (Å²) in [6.07, 6.45) is 0.944. The normalized spacial score (nSPS) is 10.9. The maximum absolute atomic E-state index is 10.9. The zero-order valence-electron chi connectivity index (χ0n) is 8.14. The van der Waals surface area contributed by atoms with Gasteiger partial charge in [-0.05, 0) is 5.56 Å². The zero-order chi connectivity index (χ0) is 11.3. The van der Waals surface area contributed by atoms with E-state index in [4.69, 9.17) is 5.11 Å². The third-order valence-electron chi connectivity index (χ3n) is 1.66. The summed E-state index contributed by atoms with van der Waals surface area (Å²) < 4.78 is 4.54. The van der Waals surface area contributed by atoms with Gasteiger partial charge in [0.15, 0.2) is 0 Å². The largest absolute Gasteiger partial charge is 0.478 e. The monoisotopic (exact) mass is 206 g/mol. The van der Waals surface area contributed by atoms with Gasteiger partial charge in [-0.25, -0.2) is 4.79 Å². The van der Waals surface area contributed by atoms with Crippen LogP contribution in [0.1, 0.15) is 12.5 Å². The van der Waals surface area contributed by atoms with Gasteiger partial charge >= 0.3 is 11.9 Å². The second-order valence-corrected chi connectivity index (χ2v) is 2.81. The average Bonchev–Trinajstić information content (AvgIpc) is 2.18. The third-order valence-corrected chi connectivity index (χ3v) is 1.66. The standard InChI is InChI=1S/C11H10O4/c1-8(12)15-7-10(11(13)14)9-5-3-2-4-6-9/h2-7H,1H3,(H,13,14). The topological polar surface area (TPSA) is 63.6 Å². The van der Waals surface area contributed by atoms with Gasteiger partial charge in [0.2, 0.25) is 0 Å². The van der Waals surface area contributed by atoms with Crippen LogP contribution in [-0.2, 0) is 14.3 Å². The van der Waals surface area contributed by atoms with Crippen LogP contribution in [0, 0.1) is 0 Å². The van der Waals surface area contributed by atoms with Crippen LogP contribution in [0.3, 0.4) is 0 Å². The maximum atomic E-state index is 10.9. The molecule has 0 unspecified atom stereocenters. The van der Waals surface area contributed by atoms with Crippen molar-refractivity contribution < 1.29 is 19.4 Å². The van der Waals surface area contributed by atoms with Crippen LogP contribution in [-0.4, -0.2) is 17.0 Å². The highest BCUT2D eigenvalue weighted by atomic mass is 16.5. The summed E-state index contributed by atoms with van der Waals surface area (Å²) in [6, 6.07) is 8.45. The number of ether oxygens (including phenoxy) is 1. The van der Waals surface area contributed by atoms with Crippen molar-refractivity contribution in [1.82, 2.24) is 0 Å². The first kappa shape index (κ1) is 11.0. The van der Waals surface area contributed by atoms with Gasteiger partial charge in [0, 0.05) is 6.92 Å². The molecule has 78 valence electrons. The van der Waals surface area contributed by atoms with Crippen molar-refractivity contribution in [3.63, 3.8) is 0 Å². The minimum Gasteiger partial charge on any atom is -0.478 e. The Labute approximate surface area is 86.8 Å². The molecule has 0 aromatic heterocycles. The number of carboxylic acids is 1. The van der Waals surface area contributed by atoms with Crippen molar-refractivity contribution in [2.45, 2.75) is 6.92 Å². The van der Waals surface area contributed by atoms with Gasteiger partial charge in [-0.15, -0.1) is 0 Å². The van der Waals surface area contributed by atoms with Crippen molar-refractivity contribution in [1.29, 1.82) is 0 Å². The SMILES string of the molecule is CC(=O)OC=C(C(=O)O)c1ccccc1. The quantitative estimate of drug-likeness (QED) is 0.464. The molecule has 0 aliphatic heterocycles. The van der Waals surface area contributed by atoms with E-state index in [1.54, 1.807) is 30.3 Å². The van der Waals surface area contributed by atoms with Crippen molar-refractivity contribution in [3.8, 4) is 0 Å². The van der Waals surface area contributed by atoms with Gasteiger partial charge in [0.25, 0.3) is 0 Å². The summed E-state index contributed by atoms with van der Waals surface area (Å²) in [5, 5.41) is 8.88. The molecule has 1 rings (SSSR count). The predicted molar refractivity (Wildman–Crippen MR) is 53.8 cm³/mol. The third kappa shape index (κ3) is 3.27. The predicted octanol–water partition coefficient (Wildman–Crippen LogP) is 1.68. The fourth-order valence-corrected chi connectivity index (χ4v) is 1.00. The molecule has 0 aliphatic carbocycles. The van der Waals surface area contributed by atoms with Crippen molar-refractivity contribution in [3.05, 3.63) is 42.2 Å². The second kappa shape index (κ2) is 4.95. The summed E-state index contributed by atoms with van der Waals surface area (Å²) in [6.45, 7) is 1.21. The van der Waals surface area contributed by atoms with Crippen LogP contribution < -0.4 is 0 Å². The van der Waals surface area contributed by atoms with Gasteiger partial charge in [-0.3, -0.25) is 4.79 Å². The van der Waals surface area contributed by atoms with E-state index in [0.29, 0.717) is 5.56 Å². The molecule has 1 aromatic rings. The van der Waals surface area contributed by atoms with E-state index >= 15 is 0 Å². The fourth-order valence-electron chi connectivity index (χ4n) is 1.00. The van der Waals surface area contributed by atoms with Crippen LogP contribution in [0.5, 0.6) is 0 Å². The molecule has 0 bridgehead atoms. The molecule has 4 heteroatoms. The van der Waals surface area contributed by atoms with Gasteiger partial charge < -0.3 is 9.84 Å². The number of carbonyl (C=O) groups is 2. The number of aliphatic carboxylic acids is 1. The molecule has 0 atom stereocenters. The number of hydrogen-bond donors (Lipinski definition) is 1. The first-order chi connectivity index (χ1) is 7.11. The van der Waals surface area contributed by atoms with Gasteiger partial charge in [0.1, 0.15) is 11.8 Å². The lowest BCUT2D eigenvalue weighted by molar-refractivity contribution is -0.135. The summed E-state index contributed by atoms with van der Waals surface area (Å²) in [4.78, 5) is 21.4. The highest BCUT2D eigenvalue weighted by Crippen LogP contribution is 2.14. The van der Waals surface area contributed by atoms with Crippen LogP contribution in [0.25, 0.3) is 5.57 Å². The van der Waals surface area contributed by atoms with E-state index in [-0.39, 0.29) is 5.57 Å². The number of hydrogen-bond acceptors (Lipinski definition) is 3. The van der Waals surface area contributed by atoms with E-state index in [1.165, 1.54) is 6.92 Å². The number of rotatable bonds is 3. The molecule has 4 nitrogen and oxygen atoms in total. The number of carbonyl (C=O) groups excluding carboxylic acids is 1. The molecule has 15 heavy (non-hydrogen) atoms. The Kier molecular flexibility index (Phi) is 3.62. The summed E-state index contributed by atoms with van der Waals surface area (Å²) >= 11 is 0. The molecule has 0 saturated heterocycles. The Hall–Kier alpha value is -2.10. The number of esters is 1. The molecule has 1 aromatic carbocycles. The summed E-state index contributed by atoms with van der Waals surface area (Å²) in [5.41, 5.74) is 0.442. The van der Waals surface area contributed by atoms with Crippen LogP contribution >= 0.6 is 0 Å². The fraction of sp³-hybridized carbons (Fsp3) is 0.0909. The van der Waals surface area contributed by atoms with Crippen LogP contribution in [0.2, 0.25) is 0 Å².